The van der Waals surface area contributed by atoms with Crippen molar-refractivity contribution in [1.29, 1.82) is 5.26 Å². The molecule has 1 saturated heterocycles. The Balaban J connectivity index is 1.99. The number of hydrogen-bond acceptors (Lipinski definition) is 5. The van der Waals surface area contributed by atoms with Gasteiger partial charge in [-0.05, 0) is 37.5 Å². The number of rotatable bonds is 2. The predicted molar refractivity (Wildman–Crippen MR) is 92.0 cm³/mol. The van der Waals surface area contributed by atoms with E-state index in [2.05, 4.69) is 20.0 Å². The van der Waals surface area contributed by atoms with Crippen LogP contribution in [0, 0.1) is 17.1 Å². The van der Waals surface area contributed by atoms with E-state index in [0.29, 0.717) is 22.7 Å². The van der Waals surface area contributed by atoms with Crippen molar-refractivity contribution in [3.05, 3.63) is 41.1 Å². The molecule has 0 bridgehead atoms. The molecule has 25 heavy (non-hydrogen) atoms. The van der Waals surface area contributed by atoms with Crippen molar-refractivity contribution in [3.63, 3.8) is 0 Å². The van der Waals surface area contributed by atoms with Gasteiger partial charge in [-0.1, -0.05) is 11.6 Å². The number of aromatic nitrogens is 4. The largest absolute Gasteiger partial charge is 0.356 e. The second kappa shape index (κ2) is 6.30. The van der Waals surface area contributed by atoms with Gasteiger partial charge in [0.25, 0.3) is 5.78 Å². The van der Waals surface area contributed by atoms with E-state index in [1.807, 2.05) is 6.07 Å². The van der Waals surface area contributed by atoms with Crippen LogP contribution in [-0.4, -0.2) is 32.7 Å². The molecule has 4 rings (SSSR count). The number of benzene rings is 1. The van der Waals surface area contributed by atoms with E-state index in [-0.39, 0.29) is 10.7 Å². The van der Waals surface area contributed by atoms with Gasteiger partial charge in [-0.25, -0.2) is 4.39 Å². The fourth-order valence-electron chi connectivity index (χ4n) is 3.22. The first kappa shape index (κ1) is 15.8. The van der Waals surface area contributed by atoms with Crippen LogP contribution < -0.4 is 4.90 Å². The van der Waals surface area contributed by atoms with Crippen LogP contribution in [0.15, 0.2) is 24.5 Å². The molecule has 1 aromatic carbocycles. The molecular formula is C17H14ClFN6. The van der Waals surface area contributed by atoms with Gasteiger partial charge in [-0.3, -0.25) is 0 Å². The monoisotopic (exact) mass is 356 g/mol. The Morgan fingerprint density at radius 2 is 2.00 bits per heavy atom. The number of hydrogen-bond donors (Lipinski definition) is 0. The van der Waals surface area contributed by atoms with Crippen molar-refractivity contribution >= 4 is 23.2 Å². The van der Waals surface area contributed by atoms with Gasteiger partial charge in [0.1, 0.15) is 23.1 Å². The molecule has 0 saturated carbocycles. The van der Waals surface area contributed by atoms with Crippen molar-refractivity contribution in [1.82, 2.24) is 19.6 Å². The van der Waals surface area contributed by atoms with E-state index < -0.39 is 5.82 Å². The smallest absolute Gasteiger partial charge is 0.255 e. The minimum atomic E-state index is -0.513. The maximum atomic E-state index is 14.7. The summed E-state index contributed by atoms with van der Waals surface area (Å²) >= 11 is 6.41. The molecule has 0 spiro atoms. The molecule has 1 aliphatic rings. The number of anilines is 1. The van der Waals surface area contributed by atoms with Crippen molar-refractivity contribution in [2.45, 2.75) is 19.3 Å². The molecular weight excluding hydrogens is 343 g/mol. The first-order valence-electron chi connectivity index (χ1n) is 8.03. The van der Waals surface area contributed by atoms with Gasteiger partial charge in [0, 0.05) is 18.7 Å². The van der Waals surface area contributed by atoms with E-state index in [1.54, 1.807) is 16.6 Å². The van der Waals surface area contributed by atoms with Crippen molar-refractivity contribution in [3.8, 4) is 17.2 Å². The Kier molecular flexibility index (Phi) is 3.98. The van der Waals surface area contributed by atoms with Gasteiger partial charge < -0.3 is 4.90 Å². The molecule has 126 valence electrons. The molecule has 2 aromatic heterocycles. The zero-order valence-corrected chi connectivity index (χ0v) is 14.0. The Morgan fingerprint density at radius 1 is 1.20 bits per heavy atom. The molecule has 1 fully saturated rings. The molecule has 3 heterocycles. The highest BCUT2D eigenvalue weighted by Gasteiger charge is 2.25. The lowest BCUT2D eigenvalue weighted by Crippen LogP contribution is -2.32. The second-order valence-corrected chi connectivity index (χ2v) is 6.29. The molecule has 0 radical (unpaired) electrons. The quantitative estimate of drug-likeness (QED) is 0.658. The lowest BCUT2D eigenvalue weighted by molar-refractivity contribution is 0.568. The SMILES string of the molecule is N#Cc1ccc(-c2c(Cl)nc3ncnn3c2N2CCCCC2)c(F)c1. The predicted octanol–water partition coefficient (Wildman–Crippen LogP) is 3.45. The minimum Gasteiger partial charge on any atom is -0.356 e. The molecule has 0 atom stereocenters. The molecule has 6 nitrogen and oxygen atoms in total. The molecule has 8 heteroatoms. The van der Waals surface area contributed by atoms with Crippen LogP contribution in [0.25, 0.3) is 16.9 Å². The summed E-state index contributed by atoms with van der Waals surface area (Å²) in [5.74, 6) is 0.555. The van der Waals surface area contributed by atoms with E-state index in [1.165, 1.54) is 12.4 Å². The van der Waals surface area contributed by atoms with Crippen LogP contribution in [0.5, 0.6) is 0 Å². The Bertz CT molecular complexity index is 987. The molecule has 0 aliphatic carbocycles. The normalized spacial score (nSPS) is 14.7. The number of piperidine rings is 1. The molecule has 3 aromatic rings. The summed E-state index contributed by atoms with van der Waals surface area (Å²) in [6.07, 6.45) is 4.66. The Morgan fingerprint density at radius 3 is 2.72 bits per heavy atom. The van der Waals surface area contributed by atoms with Crippen LogP contribution in [0.2, 0.25) is 5.15 Å². The number of nitrogens with zero attached hydrogens (tertiary/aromatic N) is 6. The summed E-state index contributed by atoms with van der Waals surface area (Å²) in [5, 5.41) is 13.4. The van der Waals surface area contributed by atoms with Crippen molar-refractivity contribution < 1.29 is 4.39 Å². The minimum absolute atomic E-state index is 0.171. The maximum Gasteiger partial charge on any atom is 0.255 e. The van der Waals surface area contributed by atoms with Crippen molar-refractivity contribution in [2.24, 2.45) is 0 Å². The number of nitriles is 1. The number of halogens is 2. The Hall–Kier alpha value is -2.72. The molecule has 0 unspecified atom stereocenters. The maximum absolute atomic E-state index is 14.7. The van der Waals surface area contributed by atoms with E-state index >= 15 is 0 Å². The first-order valence-corrected chi connectivity index (χ1v) is 8.41. The third kappa shape index (κ3) is 2.68. The average Bonchev–Trinajstić information content (AvgIpc) is 3.09. The first-order chi connectivity index (χ1) is 12.2. The third-order valence-electron chi connectivity index (χ3n) is 4.38. The zero-order valence-electron chi connectivity index (χ0n) is 13.3. The summed E-state index contributed by atoms with van der Waals surface area (Å²) < 4.78 is 16.3. The van der Waals surface area contributed by atoms with Gasteiger partial charge in [-0.2, -0.15) is 24.8 Å². The van der Waals surface area contributed by atoms with Gasteiger partial charge in [0.15, 0.2) is 0 Å². The molecule has 1 aliphatic heterocycles. The van der Waals surface area contributed by atoms with E-state index in [9.17, 15) is 4.39 Å². The molecule has 0 amide bonds. The fraction of sp³-hybridized carbons (Fsp3) is 0.294. The molecule has 0 N–H and O–H groups in total. The average molecular weight is 357 g/mol. The zero-order chi connectivity index (χ0) is 17.4. The summed E-state index contributed by atoms with van der Waals surface area (Å²) in [5.41, 5.74) is 1.03. The second-order valence-electron chi connectivity index (χ2n) is 5.93. The van der Waals surface area contributed by atoms with Crippen LogP contribution in [0.3, 0.4) is 0 Å². The summed E-state index contributed by atoms with van der Waals surface area (Å²) in [6.45, 7) is 1.67. The van der Waals surface area contributed by atoms with Gasteiger partial charge in [0.05, 0.1) is 17.2 Å². The van der Waals surface area contributed by atoms with Crippen LogP contribution in [-0.2, 0) is 0 Å². The highest BCUT2D eigenvalue weighted by atomic mass is 35.5. The van der Waals surface area contributed by atoms with Gasteiger partial charge in [0.2, 0.25) is 0 Å². The van der Waals surface area contributed by atoms with Gasteiger partial charge >= 0.3 is 0 Å². The highest BCUT2D eigenvalue weighted by molar-refractivity contribution is 6.33. The van der Waals surface area contributed by atoms with E-state index in [0.717, 1.165) is 32.4 Å². The van der Waals surface area contributed by atoms with Crippen LogP contribution in [0.1, 0.15) is 24.8 Å². The van der Waals surface area contributed by atoms with E-state index in [4.69, 9.17) is 16.9 Å². The highest BCUT2D eigenvalue weighted by Crippen LogP contribution is 2.38. The lowest BCUT2D eigenvalue weighted by Gasteiger charge is -2.30. The van der Waals surface area contributed by atoms with Crippen LogP contribution >= 0.6 is 11.6 Å². The summed E-state index contributed by atoms with van der Waals surface area (Å²) in [6, 6.07) is 6.28. The summed E-state index contributed by atoms with van der Waals surface area (Å²) in [4.78, 5) is 10.5. The van der Waals surface area contributed by atoms with Crippen molar-refractivity contribution in [2.75, 3.05) is 18.0 Å². The number of fused-ring (bicyclic) bond motifs is 1. The van der Waals surface area contributed by atoms with Crippen LogP contribution in [0.4, 0.5) is 10.2 Å². The summed E-state index contributed by atoms with van der Waals surface area (Å²) in [7, 11) is 0. The lowest BCUT2D eigenvalue weighted by atomic mass is 10.0. The third-order valence-corrected chi connectivity index (χ3v) is 4.66. The van der Waals surface area contributed by atoms with Gasteiger partial charge in [-0.15, -0.1) is 0 Å². The Labute approximate surface area is 148 Å². The fourth-order valence-corrected chi connectivity index (χ4v) is 3.48. The topological polar surface area (TPSA) is 70.1 Å². The standard InChI is InChI=1S/C17H14ClFN6/c18-15-14(12-5-4-11(9-20)8-13(12)19)16(24-6-2-1-3-7-24)25-17(23-15)21-10-22-25/h4-5,8,10H,1-3,6-7H2.